The van der Waals surface area contributed by atoms with Gasteiger partial charge in [0, 0.05) is 30.8 Å². The Balaban J connectivity index is 1.51. The average Bonchev–Trinajstić information content (AvgIpc) is 3.40. The van der Waals surface area contributed by atoms with Gasteiger partial charge in [0.15, 0.2) is 0 Å². The number of hydrogen-bond acceptors (Lipinski definition) is 6. The maximum absolute atomic E-state index is 13.9. The number of anilines is 1. The van der Waals surface area contributed by atoms with Crippen molar-refractivity contribution in [1.29, 1.82) is 0 Å². The van der Waals surface area contributed by atoms with Gasteiger partial charge in [-0.1, -0.05) is 44.2 Å². The predicted octanol–water partition coefficient (Wildman–Crippen LogP) is 2.24. The summed E-state index contributed by atoms with van der Waals surface area (Å²) in [4.78, 5) is 41.5. The second-order valence-electron chi connectivity index (χ2n) is 11.5. The van der Waals surface area contributed by atoms with Crippen molar-refractivity contribution in [3.63, 3.8) is 0 Å². The normalized spacial score (nSPS) is 21.2. The first kappa shape index (κ1) is 25.8. The van der Waals surface area contributed by atoms with Crippen LogP contribution in [0, 0.1) is 5.41 Å². The maximum atomic E-state index is 13.9. The SMILES string of the molecule is CC(C)(NC(=O)[C@@H]1C[C@@H](O)CN1C(=O)C(n1cc(C2CC2)nn1)C(C)(C)C)C(=O)Nc1ccccc1. The molecule has 1 aliphatic carbocycles. The topological polar surface area (TPSA) is 129 Å². The van der Waals surface area contributed by atoms with Gasteiger partial charge in [-0.15, -0.1) is 5.10 Å². The molecule has 3 atom stereocenters. The molecule has 1 aromatic carbocycles. The fourth-order valence-corrected chi connectivity index (χ4v) is 4.58. The summed E-state index contributed by atoms with van der Waals surface area (Å²) in [6.07, 6.45) is 3.21. The quantitative estimate of drug-likeness (QED) is 0.539. The minimum absolute atomic E-state index is 0.0321. The molecule has 2 aromatic rings. The van der Waals surface area contributed by atoms with Crippen molar-refractivity contribution in [1.82, 2.24) is 25.2 Å². The van der Waals surface area contributed by atoms with Crippen LogP contribution in [0.2, 0.25) is 0 Å². The van der Waals surface area contributed by atoms with Crippen molar-refractivity contribution in [2.75, 3.05) is 11.9 Å². The maximum Gasteiger partial charge on any atom is 0.249 e. The lowest BCUT2D eigenvalue weighted by atomic mass is 9.85. The fourth-order valence-electron chi connectivity index (χ4n) is 4.58. The van der Waals surface area contributed by atoms with E-state index in [1.807, 2.05) is 33.0 Å². The molecule has 4 rings (SSSR count). The Morgan fingerprint density at radius 2 is 1.75 bits per heavy atom. The van der Waals surface area contributed by atoms with Crippen LogP contribution in [-0.4, -0.2) is 67.0 Å². The lowest BCUT2D eigenvalue weighted by Crippen LogP contribution is -2.58. The highest BCUT2D eigenvalue weighted by Crippen LogP contribution is 2.40. The van der Waals surface area contributed by atoms with Crippen molar-refractivity contribution in [2.24, 2.45) is 5.41 Å². The van der Waals surface area contributed by atoms with Crippen LogP contribution < -0.4 is 10.6 Å². The van der Waals surface area contributed by atoms with Crippen LogP contribution in [0.5, 0.6) is 0 Å². The Morgan fingerprint density at radius 3 is 2.36 bits per heavy atom. The van der Waals surface area contributed by atoms with Crippen molar-refractivity contribution < 1.29 is 19.5 Å². The van der Waals surface area contributed by atoms with Crippen LogP contribution >= 0.6 is 0 Å². The van der Waals surface area contributed by atoms with Crippen molar-refractivity contribution in [3.05, 3.63) is 42.2 Å². The van der Waals surface area contributed by atoms with Crippen LogP contribution in [0.4, 0.5) is 5.69 Å². The van der Waals surface area contributed by atoms with Gasteiger partial charge < -0.3 is 20.6 Å². The minimum atomic E-state index is -1.25. The minimum Gasteiger partial charge on any atom is -0.391 e. The summed E-state index contributed by atoms with van der Waals surface area (Å²) in [5.74, 6) is -0.789. The third-order valence-corrected chi connectivity index (χ3v) is 6.74. The zero-order chi connectivity index (χ0) is 26.3. The molecule has 2 heterocycles. The van der Waals surface area contributed by atoms with Crippen molar-refractivity contribution in [2.45, 2.75) is 83.5 Å². The number of amides is 3. The molecule has 3 N–H and O–H groups in total. The van der Waals surface area contributed by atoms with Gasteiger partial charge in [0.1, 0.15) is 17.6 Å². The number of hydrogen-bond donors (Lipinski definition) is 3. The number of β-amino-alcohol motifs (C(OH)–C–C–N with tert-alkyl or cyclic N) is 1. The Hall–Kier alpha value is -3.27. The van der Waals surface area contributed by atoms with Crippen LogP contribution in [0.3, 0.4) is 0 Å². The third kappa shape index (κ3) is 5.59. The number of para-hydroxylation sites is 1. The summed E-state index contributed by atoms with van der Waals surface area (Å²) < 4.78 is 1.59. The number of aliphatic hydroxyl groups is 1. The zero-order valence-corrected chi connectivity index (χ0v) is 21.6. The van der Waals surface area contributed by atoms with E-state index in [9.17, 15) is 19.5 Å². The molecule has 10 heteroatoms. The van der Waals surface area contributed by atoms with Gasteiger partial charge in [0.2, 0.25) is 17.7 Å². The second kappa shape index (κ2) is 9.65. The lowest BCUT2D eigenvalue weighted by Gasteiger charge is -2.35. The fraction of sp³-hybridized carbons (Fsp3) is 0.577. The lowest BCUT2D eigenvalue weighted by molar-refractivity contribution is -0.145. The molecule has 3 amide bonds. The first-order valence-electron chi connectivity index (χ1n) is 12.5. The Kier molecular flexibility index (Phi) is 6.92. The van der Waals surface area contributed by atoms with E-state index in [0.29, 0.717) is 11.6 Å². The van der Waals surface area contributed by atoms with Crippen LogP contribution in [-0.2, 0) is 14.4 Å². The van der Waals surface area contributed by atoms with E-state index in [2.05, 4.69) is 20.9 Å². The summed E-state index contributed by atoms with van der Waals surface area (Å²) in [5, 5.41) is 24.5. The molecule has 0 bridgehead atoms. The molecule has 2 aliphatic rings. The van der Waals surface area contributed by atoms with Crippen molar-refractivity contribution >= 4 is 23.4 Å². The molecular formula is C26H36N6O4. The second-order valence-corrected chi connectivity index (χ2v) is 11.5. The molecule has 0 radical (unpaired) electrons. The number of benzene rings is 1. The molecule has 1 aromatic heterocycles. The molecule has 1 aliphatic heterocycles. The molecule has 1 unspecified atom stereocenters. The molecule has 10 nitrogen and oxygen atoms in total. The first-order valence-corrected chi connectivity index (χ1v) is 12.5. The van der Waals surface area contributed by atoms with Crippen LogP contribution in [0.15, 0.2) is 36.5 Å². The first-order chi connectivity index (χ1) is 16.9. The summed E-state index contributed by atoms with van der Waals surface area (Å²) in [5.41, 5.74) is -0.276. The Labute approximate surface area is 211 Å². The standard InChI is InChI=1S/C26H36N6O4/c1-25(2,3)21(32-15-19(29-30-32)16-11-12-16)23(35)31-14-18(33)13-20(31)22(34)28-26(4,5)24(36)27-17-9-7-6-8-10-17/h6-10,15-16,18,20-21,33H,11-14H2,1-5H3,(H,27,36)(H,28,34)/t18-,20+,21?/m1/s1. The van der Waals surface area contributed by atoms with Gasteiger partial charge in [-0.25, -0.2) is 4.68 Å². The number of likely N-dealkylation sites (tertiary alicyclic amines) is 1. The highest BCUT2D eigenvalue weighted by atomic mass is 16.3. The number of nitrogens with zero attached hydrogens (tertiary/aromatic N) is 4. The van der Waals surface area contributed by atoms with E-state index in [1.54, 1.807) is 42.8 Å². The third-order valence-electron chi connectivity index (χ3n) is 6.74. The van der Waals surface area contributed by atoms with Gasteiger partial charge in [-0.2, -0.15) is 0 Å². The van der Waals surface area contributed by atoms with E-state index in [-0.39, 0.29) is 24.8 Å². The van der Waals surface area contributed by atoms with Gasteiger partial charge in [0.25, 0.3) is 0 Å². The van der Waals surface area contributed by atoms with E-state index in [1.165, 1.54) is 4.90 Å². The summed E-state index contributed by atoms with van der Waals surface area (Å²) >= 11 is 0. The summed E-state index contributed by atoms with van der Waals surface area (Å²) in [6, 6.07) is 7.36. The van der Waals surface area contributed by atoms with E-state index in [0.717, 1.165) is 18.5 Å². The molecule has 194 valence electrons. The Bertz CT molecular complexity index is 1120. The van der Waals surface area contributed by atoms with E-state index < -0.39 is 35.0 Å². The molecular weight excluding hydrogens is 460 g/mol. The van der Waals surface area contributed by atoms with E-state index >= 15 is 0 Å². The van der Waals surface area contributed by atoms with Crippen LogP contribution in [0.25, 0.3) is 0 Å². The highest BCUT2D eigenvalue weighted by molar-refractivity contribution is 6.01. The van der Waals surface area contributed by atoms with Crippen molar-refractivity contribution in [3.8, 4) is 0 Å². The Morgan fingerprint density at radius 1 is 1.08 bits per heavy atom. The average molecular weight is 497 g/mol. The molecule has 2 fully saturated rings. The largest absolute Gasteiger partial charge is 0.391 e. The molecule has 36 heavy (non-hydrogen) atoms. The van der Waals surface area contributed by atoms with E-state index in [4.69, 9.17) is 0 Å². The number of aromatic nitrogens is 3. The van der Waals surface area contributed by atoms with Gasteiger partial charge >= 0.3 is 0 Å². The predicted molar refractivity (Wildman–Crippen MR) is 134 cm³/mol. The number of aliphatic hydroxyl groups excluding tert-OH is 1. The molecule has 0 spiro atoms. The van der Waals surface area contributed by atoms with Gasteiger partial charge in [-0.3, -0.25) is 14.4 Å². The summed E-state index contributed by atoms with van der Waals surface area (Å²) in [6.45, 7) is 9.05. The summed E-state index contributed by atoms with van der Waals surface area (Å²) in [7, 11) is 0. The molecule has 1 saturated heterocycles. The number of rotatable bonds is 7. The van der Waals surface area contributed by atoms with Gasteiger partial charge in [-0.05, 0) is 44.2 Å². The number of carbonyl (C=O) groups is 3. The smallest absolute Gasteiger partial charge is 0.249 e. The number of nitrogens with one attached hydrogen (secondary N) is 2. The molecule has 1 saturated carbocycles. The van der Waals surface area contributed by atoms with Gasteiger partial charge in [0.05, 0.1) is 11.8 Å². The monoisotopic (exact) mass is 496 g/mol. The highest BCUT2D eigenvalue weighted by Gasteiger charge is 2.46. The van der Waals surface area contributed by atoms with Crippen LogP contribution in [0.1, 0.15) is 71.5 Å². The number of carbonyl (C=O) groups excluding carboxylic acids is 3. The zero-order valence-electron chi connectivity index (χ0n) is 21.6.